The lowest BCUT2D eigenvalue weighted by molar-refractivity contribution is -0.121. The lowest BCUT2D eigenvalue weighted by Crippen LogP contribution is -2.45. The molecule has 17 heterocycles. The fourth-order valence-corrected chi connectivity index (χ4v) is 16.4. The van der Waals surface area contributed by atoms with Gasteiger partial charge in [0, 0.05) is 145 Å². The van der Waals surface area contributed by atoms with Gasteiger partial charge in [-0.3, -0.25) is 29.2 Å². The first-order valence-corrected chi connectivity index (χ1v) is 56.8. The van der Waals surface area contributed by atoms with Gasteiger partial charge in [-0.15, -0.1) is 0 Å². The second-order valence-corrected chi connectivity index (χ2v) is 46.9. The van der Waals surface area contributed by atoms with Gasteiger partial charge >= 0.3 is 24.4 Å². The Morgan fingerprint density at radius 1 is 0.370 bits per heavy atom. The van der Waals surface area contributed by atoms with Crippen molar-refractivity contribution in [3.05, 3.63) is 140 Å². The first kappa shape index (κ1) is 127. The minimum atomic E-state index is -1.29. The Kier molecular flexibility index (Phi) is 50.7. The zero-order valence-corrected chi connectivity index (χ0v) is 98.6. The number of fused-ring (bicyclic) bond motifs is 4. The van der Waals surface area contributed by atoms with Gasteiger partial charge in [-0.25, -0.2) is 100 Å². The lowest BCUT2D eigenvalue weighted by Gasteiger charge is -2.27. The number of nitrogens with one attached hydrogen (secondary N) is 8. The molecule has 11 aromatic rings. The van der Waals surface area contributed by atoms with E-state index in [1.807, 2.05) is 36.4 Å². The number of H-pyrrole nitrogens is 4. The number of amides is 6. The summed E-state index contributed by atoms with van der Waals surface area (Å²) in [5, 5.41) is 11.3. The third-order valence-electron chi connectivity index (χ3n) is 20.1. The highest BCUT2D eigenvalue weighted by Gasteiger charge is 2.46. The highest BCUT2D eigenvalue weighted by molar-refractivity contribution is 9.11. The molecule has 0 bridgehead atoms. The highest BCUT2D eigenvalue weighted by Crippen LogP contribution is 2.39. The van der Waals surface area contributed by atoms with Crippen LogP contribution in [0.4, 0.5) is 80.0 Å². The summed E-state index contributed by atoms with van der Waals surface area (Å²) in [6.07, 6.45) is -7.68. The van der Waals surface area contributed by atoms with E-state index in [9.17, 15) is 55.1 Å². The van der Waals surface area contributed by atoms with Crippen LogP contribution in [-0.2, 0) is 122 Å². The first-order chi connectivity index (χ1) is 67.5. The van der Waals surface area contributed by atoms with Crippen LogP contribution in [0.25, 0.3) is 44.7 Å². The number of hydrogen-bond acceptors (Lipinski definition) is 33. The molecule has 6 aliphatic heterocycles. The van der Waals surface area contributed by atoms with Crippen molar-refractivity contribution >= 4 is 334 Å². The van der Waals surface area contributed by atoms with Crippen LogP contribution in [0.5, 0.6) is 0 Å². The second-order valence-electron chi connectivity index (χ2n) is 36.0. The summed E-state index contributed by atoms with van der Waals surface area (Å²) in [6, 6.07) is 21.7. The number of anilines is 6. The molecule has 6 amide bonds. The Hall–Kier alpha value is -7.66. The van der Waals surface area contributed by atoms with E-state index in [0.29, 0.717) is 100 Å². The average Bonchev–Trinajstić information content (AvgIpc) is 1.63. The summed E-state index contributed by atoms with van der Waals surface area (Å²) in [5.41, 5.74) is 26.2. The van der Waals surface area contributed by atoms with Gasteiger partial charge in [0.1, 0.15) is 139 Å². The number of pyridine rings is 7. The number of imidazole rings is 4. The molecule has 11 aromatic heterocycles. The minimum Gasteiger partial charge on any atom is -0.444 e. The van der Waals surface area contributed by atoms with Crippen molar-refractivity contribution in [1.29, 1.82) is 0 Å². The number of hydrogen-bond donors (Lipinski definition) is 12. The molecule has 0 spiro atoms. The van der Waals surface area contributed by atoms with Crippen molar-refractivity contribution in [1.82, 2.24) is 105 Å². The van der Waals surface area contributed by atoms with Crippen molar-refractivity contribution in [2.24, 2.45) is 0 Å². The summed E-state index contributed by atoms with van der Waals surface area (Å²) < 4.78 is 107. The Morgan fingerprint density at radius 3 is 0.952 bits per heavy atom. The van der Waals surface area contributed by atoms with Crippen molar-refractivity contribution in [3.8, 4) is 0 Å². The van der Waals surface area contributed by atoms with Gasteiger partial charge in [0.2, 0.25) is 11.8 Å². The number of aromatic nitrogens is 15. The maximum Gasteiger partial charge on any atom is 0.411 e. The summed E-state index contributed by atoms with van der Waals surface area (Å²) in [6.45, 7) is 21.4. The molecule has 0 unspecified atom stereocenters. The zero-order valence-electron chi connectivity index (χ0n) is 79.2. The second kappa shape index (κ2) is 58.3. The Balaban J connectivity index is 0.000000259. The molecule has 16 N–H and O–H groups in total. The van der Waals surface area contributed by atoms with Gasteiger partial charge in [0.15, 0.2) is 28.4 Å². The number of nitrogens with zero attached hydrogens (tertiary/aromatic N) is 15. The molecule has 17 rings (SSSR count). The van der Waals surface area contributed by atoms with Gasteiger partial charge in [0.05, 0.1) is 89.5 Å². The highest BCUT2D eigenvalue weighted by atomic mass is 79.9. The molecule has 60 heteroatoms. The minimum absolute atomic E-state index is 0. The molecule has 0 saturated carbocycles. The number of nitrogens with two attached hydrogens (primary N) is 4. The SMILES string of the molecule is C.CC(C)(C)OC(=O)N1C[C@H](F)C[C@@H]1c1nc2nc(Br)ccc2[nH]1.CC(C)(C)OC(=O)N1C[C@H](F)C[C@H]1C(=O)Nc1ccc(Br)nc1N.CC(C)(C)OC(=O)N1C[C@H](F)C[C@H]1C(=O)Nc1nc(Br)ccc1N.CC(C)(C)OC(=O)N1C[C@H](F)C[C@H]1c1nc2nc(Br)ccc2[nH]1.F[C@H]1CN[C@@H](c2nc3nc(Br)ccc3[nH]2)C1.F[C@H]1CN[C@H](c2nc3nc(Br)ccc3[nH]2)C1.Nc1ccc(Br)nc1N.S.S=S.S=S=S.S=S=S=S. The predicted octanol–water partition coefficient (Wildman–Crippen LogP) is 18.8. The molecule has 0 aromatic carbocycles. The zero-order chi connectivity index (χ0) is 107. The number of alkyl halides is 6. The number of likely N-dealkylation sites (tertiary alicyclic amines) is 4. The summed E-state index contributed by atoms with van der Waals surface area (Å²) in [7, 11) is 3.26. The van der Waals surface area contributed by atoms with Gasteiger partial charge in [-0.1, -0.05) is 7.43 Å². The van der Waals surface area contributed by atoms with E-state index < -0.39 is 120 Å². The normalized spacial score (nSPS) is 20.1. The summed E-state index contributed by atoms with van der Waals surface area (Å²) in [4.78, 5) is 138. The molecule has 6 saturated heterocycles. The molecule has 37 nitrogen and oxygen atoms in total. The Bertz CT molecular complexity index is 6200. The Morgan fingerprint density at radius 2 is 0.644 bits per heavy atom. The maximum atomic E-state index is 13.9. The number of halogens is 13. The van der Waals surface area contributed by atoms with Crippen LogP contribution in [0.15, 0.2) is 117 Å². The van der Waals surface area contributed by atoms with E-state index in [-0.39, 0.29) is 102 Å². The molecule has 0 radical (unpaired) electrons. The quantitative estimate of drug-likeness (QED) is 0.0382. The molecular formula is C86H108Br7F6N27O10S10. The van der Waals surface area contributed by atoms with Crippen molar-refractivity contribution in [3.63, 3.8) is 0 Å². The fourth-order valence-electron chi connectivity index (χ4n) is 14.2. The van der Waals surface area contributed by atoms with E-state index >= 15 is 0 Å². The van der Waals surface area contributed by atoms with Gasteiger partial charge in [-0.2, -0.15) is 13.5 Å². The number of ether oxygens (including phenoxy) is 4. The molecule has 146 heavy (non-hydrogen) atoms. The summed E-state index contributed by atoms with van der Waals surface area (Å²) >= 11 is 46.9. The third kappa shape index (κ3) is 39.8. The van der Waals surface area contributed by atoms with Crippen molar-refractivity contribution in [2.45, 2.75) is 225 Å². The van der Waals surface area contributed by atoms with Crippen molar-refractivity contribution in [2.75, 3.05) is 72.8 Å². The molecule has 798 valence electrons. The van der Waals surface area contributed by atoms with E-state index in [2.05, 4.69) is 275 Å². The first-order valence-electron chi connectivity index (χ1n) is 43.2. The average molecular weight is 2670 g/mol. The number of nitrogen functional groups attached to an aromatic ring is 4. The smallest absolute Gasteiger partial charge is 0.411 e. The van der Waals surface area contributed by atoms with Crippen LogP contribution in [0.1, 0.15) is 177 Å². The molecule has 6 fully saturated rings. The topological polar surface area (TPSA) is 509 Å². The van der Waals surface area contributed by atoms with E-state index in [4.69, 9.17) is 41.9 Å². The number of aromatic amines is 4. The number of rotatable bonds is 8. The maximum absolute atomic E-state index is 13.9. The van der Waals surface area contributed by atoms with Crippen LogP contribution in [0, 0.1) is 0 Å². The lowest BCUT2D eigenvalue weighted by atomic mass is 10.2. The van der Waals surface area contributed by atoms with Gasteiger partial charge < -0.3 is 83.1 Å². The van der Waals surface area contributed by atoms with Crippen LogP contribution in [-0.4, -0.2) is 241 Å². The Labute approximate surface area is 941 Å². The van der Waals surface area contributed by atoms with Crippen LogP contribution in [0.2, 0.25) is 0 Å². The van der Waals surface area contributed by atoms with E-state index in [1.165, 1.54) is 27.6 Å². The third-order valence-corrected chi connectivity index (χ3v) is 25.4. The molecule has 0 aliphatic carbocycles. The molecule has 12 atom stereocenters. The monoisotopic (exact) mass is 2670 g/mol. The number of carbonyl (C=O) groups excluding carboxylic acids is 6. The van der Waals surface area contributed by atoms with Gasteiger partial charge in [-0.05, 0) is 280 Å². The fraction of sp³-hybridized carbons (Fsp3) is 0.477. The molecule has 6 aliphatic rings. The van der Waals surface area contributed by atoms with Crippen LogP contribution < -0.4 is 44.2 Å². The standard InChI is InChI=1S/2C15H20BrFN4O3.2C15H18BrFN4O2.2C10H10BrFN4.C5H6BrN3.CH4.S4.S3.S2.H2S/c1-15(2,3)24-14(23)21-7-8(17)6-10(21)13(22)19-9-4-5-11(16)20-12(9)18;1-15(2,3)24-14(23)21-7-8(17)6-10(21)13(22)20-12-9(18)4-5-11(16)19-12;2*1-15(2,3)23-14(22)21-7-8(17)6-10(21)13-18-9-4-5-11(16)19-12(9)20-13;2*11-8-2-1-6-9(15-8)16-10(14-6)7-3-5(12)4-13-7;6-4-2-1-3(7)5(8)9-4;;1-3-4-2;1-3-2;1-2;/h4-5,8,10H,6-7H2,1-3H3,(H2,18,20)(H,19,22);4-5,8,10H,6-7,18H2,1-3H3,(H,19,20,22);2*4-5,8,10H,6-7H2,1-3H3,(H,18,19,20);2*1-2,5,7,13H,3-4H2,(H,14,15,16);1-2H,7H2,(H2,8,9);1H4;;;;1H2/t3*8-,10+;8-,10-;5-,7+;5-,7-;;;;;;/m111111....../s1. The number of carbonyl (C=O) groups is 6. The largest absolute Gasteiger partial charge is 0.444 e. The molecular weight excluding hydrogens is 2570 g/mol. The van der Waals surface area contributed by atoms with E-state index in [0.717, 1.165) is 61.6 Å². The van der Waals surface area contributed by atoms with Crippen LogP contribution in [0.3, 0.4) is 0 Å². The van der Waals surface area contributed by atoms with Crippen molar-refractivity contribution < 1.29 is 74.1 Å². The van der Waals surface area contributed by atoms with E-state index in [1.54, 1.807) is 132 Å². The van der Waals surface area contributed by atoms with Crippen LogP contribution >= 0.6 is 125 Å². The van der Waals surface area contributed by atoms with Gasteiger partial charge in [0.25, 0.3) is 0 Å². The predicted molar refractivity (Wildman–Crippen MR) is 604 cm³/mol. The summed E-state index contributed by atoms with van der Waals surface area (Å²) in [5.74, 6) is 2.13.